The van der Waals surface area contributed by atoms with Crippen LogP contribution in [0.2, 0.25) is 0 Å². The summed E-state index contributed by atoms with van der Waals surface area (Å²) in [6.07, 6.45) is 11.2. The van der Waals surface area contributed by atoms with E-state index in [0.29, 0.717) is 35.8 Å². The number of urea groups is 2. The number of hydrogen-bond donors (Lipinski definition) is 6. The Bertz CT molecular complexity index is 2230. The number of nitrogens with one attached hydrogen (secondary N) is 1. The van der Waals surface area contributed by atoms with Gasteiger partial charge in [-0.05, 0) is 58.3 Å². The monoisotopic (exact) mass is 1050 g/mol. The summed E-state index contributed by atoms with van der Waals surface area (Å²) >= 11 is 0. The Morgan fingerprint density at radius 2 is 1.20 bits per heavy atom. The first-order valence-corrected chi connectivity index (χ1v) is 27.0. The summed E-state index contributed by atoms with van der Waals surface area (Å²) in [7, 11) is -9.86. The van der Waals surface area contributed by atoms with E-state index in [0.717, 1.165) is 5.70 Å². The van der Waals surface area contributed by atoms with Crippen LogP contribution in [0.4, 0.5) is 9.59 Å². The van der Waals surface area contributed by atoms with Gasteiger partial charge in [-0.15, -0.1) is 24.7 Å². The number of piperidine rings is 2. The zero-order chi connectivity index (χ0) is 52.5. The summed E-state index contributed by atoms with van der Waals surface area (Å²) in [5.41, 5.74) is 11.1. The Morgan fingerprint density at radius 3 is 1.58 bits per heavy atom. The molecule has 27 nitrogen and oxygen atoms in total. The molecule has 2 unspecified atom stereocenters. The Morgan fingerprint density at radius 1 is 0.775 bits per heavy atom. The average molecular weight is 1050 g/mol. The number of allylic oxidation sites excluding steroid dienone is 1. The van der Waals surface area contributed by atoms with Crippen molar-refractivity contribution in [1.82, 2.24) is 45.6 Å². The molecule has 404 valence electrons. The van der Waals surface area contributed by atoms with Crippen LogP contribution in [0.25, 0.3) is 0 Å². The van der Waals surface area contributed by atoms with Crippen LogP contribution in [0.15, 0.2) is 26.1 Å². The number of aliphatic imine (C=N–C) groups is 1. The maximum absolute atomic E-state index is 12.4. The fraction of sp³-hybridized carbons (Fsp3) is 0.786. The second-order valence-electron chi connectivity index (χ2n) is 18.4. The number of guanidine groups is 1. The molecule has 6 rings (SSSR count). The fourth-order valence-corrected chi connectivity index (χ4v) is 9.60. The largest absolute Gasteiger partial charge is 0.724 e. The molecule has 0 radical (unpaired) electrons. The van der Waals surface area contributed by atoms with Gasteiger partial charge in [0.05, 0.1) is 69.9 Å². The Kier molecular flexibility index (Phi) is 22.7. The molecule has 2 aromatic heterocycles. The number of hydrogen-bond acceptors (Lipinski definition) is 19. The molecule has 2 aromatic rings. The van der Waals surface area contributed by atoms with Crippen LogP contribution in [-0.2, 0) is 42.2 Å². The van der Waals surface area contributed by atoms with Crippen LogP contribution in [0, 0.1) is 0 Å². The zero-order valence-electron chi connectivity index (χ0n) is 41.5. The number of fused-ring (bicyclic) bond motifs is 4. The topological polar surface area (TPSA) is 372 Å². The summed E-state index contributed by atoms with van der Waals surface area (Å²) in [6, 6.07) is -3.64. The van der Waals surface area contributed by atoms with Crippen LogP contribution in [-0.4, -0.2) is 176 Å². The van der Waals surface area contributed by atoms with Crippen molar-refractivity contribution in [2.45, 2.75) is 161 Å². The summed E-state index contributed by atoms with van der Waals surface area (Å²) in [5.74, 6) is 0.539. The molecule has 4 aliphatic rings. The van der Waals surface area contributed by atoms with Crippen LogP contribution < -0.4 is 16.8 Å². The first-order valence-electron chi connectivity index (χ1n) is 24.3. The third-order valence-corrected chi connectivity index (χ3v) is 13.1. The van der Waals surface area contributed by atoms with Gasteiger partial charge < -0.3 is 54.7 Å². The number of carbonyl (C=O) groups is 2. The quantitative estimate of drug-likeness (QED) is 0.0246. The van der Waals surface area contributed by atoms with Gasteiger partial charge in [-0.1, -0.05) is 60.0 Å². The van der Waals surface area contributed by atoms with E-state index in [4.69, 9.17) is 24.9 Å². The first-order chi connectivity index (χ1) is 33.5. The van der Waals surface area contributed by atoms with Crippen molar-refractivity contribution in [3.05, 3.63) is 35.8 Å². The van der Waals surface area contributed by atoms with Crippen molar-refractivity contribution in [2.75, 3.05) is 52.4 Å². The molecule has 71 heavy (non-hydrogen) atoms. The van der Waals surface area contributed by atoms with Gasteiger partial charge in [0.2, 0.25) is 34.0 Å². The first kappa shape index (κ1) is 58.8. The van der Waals surface area contributed by atoms with E-state index in [2.05, 4.69) is 73.5 Å². The molecule has 4 amide bonds. The molecule has 6 atom stereocenters. The van der Waals surface area contributed by atoms with Gasteiger partial charge in [0, 0.05) is 25.3 Å². The Hall–Kier alpha value is -4.75. The lowest BCUT2D eigenvalue weighted by Crippen LogP contribution is -2.50. The molecule has 0 saturated carbocycles. The van der Waals surface area contributed by atoms with Crippen molar-refractivity contribution < 1.29 is 67.6 Å². The van der Waals surface area contributed by atoms with Gasteiger partial charge in [-0.25, -0.2) is 18.0 Å². The highest BCUT2D eigenvalue weighted by Gasteiger charge is 2.50. The number of aliphatic hydroxyl groups excluding tert-OH is 2. The summed E-state index contributed by atoms with van der Waals surface area (Å²) in [4.78, 5) is 31.1. The second kappa shape index (κ2) is 27.3. The van der Waals surface area contributed by atoms with E-state index >= 15 is 0 Å². The number of quaternary nitrogens is 1. The van der Waals surface area contributed by atoms with Crippen LogP contribution in [0.5, 0.6) is 0 Å². The molecular formula is C42H75N13O14S2. The zero-order valence-corrected chi connectivity index (χ0v) is 43.1. The number of unbranched alkanes of at least 4 members (excludes halogenated alkanes) is 4. The van der Waals surface area contributed by atoms with E-state index in [9.17, 15) is 41.2 Å². The average Bonchev–Trinajstić information content (AvgIpc) is 4.08. The molecule has 29 heteroatoms. The van der Waals surface area contributed by atoms with Gasteiger partial charge in [-0.3, -0.25) is 9.55 Å². The van der Waals surface area contributed by atoms with E-state index in [1.165, 1.54) is 91.8 Å². The van der Waals surface area contributed by atoms with Crippen molar-refractivity contribution in [1.29, 1.82) is 0 Å². The molecule has 0 spiro atoms. The Balaban J connectivity index is 0.000000239. The molecule has 8 N–H and O–H groups in total. The van der Waals surface area contributed by atoms with Crippen molar-refractivity contribution >= 4 is 38.8 Å². The molecule has 0 aromatic carbocycles. The van der Waals surface area contributed by atoms with Crippen molar-refractivity contribution in [3.8, 4) is 0 Å². The fourth-order valence-electron chi connectivity index (χ4n) is 8.83. The van der Waals surface area contributed by atoms with Gasteiger partial charge >= 0.3 is 22.5 Å². The molecule has 4 aliphatic heterocycles. The highest BCUT2D eigenvalue weighted by Crippen LogP contribution is 2.39. The number of hydroxylamine groups is 4. The van der Waals surface area contributed by atoms with E-state index in [1.54, 1.807) is 6.92 Å². The van der Waals surface area contributed by atoms with Crippen LogP contribution in [0.1, 0.15) is 147 Å². The summed E-state index contributed by atoms with van der Waals surface area (Å²) in [5, 5.41) is 39.5. The molecule has 0 aliphatic carbocycles. The van der Waals surface area contributed by atoms with Gasteiger partial charge in [0.25, 0.3) is 0 Å². The number of nitrogens with zero attached hydrogens (tertiary/aromatic N) is 10. The molecule has 4 saturated heterocycles. The third kappa shape index (κ3) is 18.4. The number of amides is 4. The predicted molar refractivity (Wildman–Crippen MR) is 254 cm³/mol. The van der Waals surface area contributed by atoms with Gasteiger partial charge in [0.15, 0.2) is 5.96 Å². The van der Waals surface area contributed by atoms with E-state index < -0.39 is 69.2 Å². The van der Waals surface area contributed by atoms with Crippen LogP contribution >= 0.6 is 0 Å². The Labute approximate surface area is 416 Å². The number of aromatic nitrogens is 4. The SMILES string of the molecule is C=C(C)NCC(O)Cc1nnc([C@@H]2CC[C@@H]3CN2C(=O)N3OS(=O)(=O)[O-])o1.CCCC[N+](CCCC)(CCCC)CCCC.NC(N)=NCC(O)Cc1nnc([C@@H]2CC[C@@H]3CN2C(=O)N3OS(=O)(=O)O)o1. The van der Waals surface area contributed by atoms with Crippen molar-refractivity contribution in [2.24, 2.45) is 16.5 Å². The third-order valence-electron chi connectivity index (χ3n) is 12.4. The number of aliphatic hydroxyl groups is 2. The number of carbonyl (C=O) groups excluding carboxylic acids is 2. The molecular weight excluding hydrogens is 975 g/mol. The minimum atomic E-state index is -5.05. The second-order valence-corrected chi connectivity index (χ2v) is 20.3. The normalized spacial score (nSPS) is 20.8. The lowest BCUT2D eigenvalue weighted by atomic mass is 10.0. The maximum atomic E-state index is 12.4. The lowest BCUT2D eigenvalue weighted by Gasteiger charge is -2.39. The standard InChI is InChI=1S/C16H36N.C14H21N5O7S.C12H19N7O7S/c1-5-9-13-17(14-10-6-2,15-11-7-3)16-12-8-4;1-8(2)15-6-10(20)5-12-16-17-13(25-12)11-4-3-9-7-18(11)14(21)19(9)26-27(22,23)24;13-11(14)15-4-7(20)3-9-16-17-10(25-9)8-2-1-6-5-18(8)12(21)19(6)26-27(22,23)24/h5-16H2,1-4H3;9-11,15,20H,1,3-7H2,2H3,(H,22,23,24);6-8,20H,1-5H2,(H4,13,14,15)(H,22,23,24)/q+1;;/p-1/t;9-,10?,11+;6-,7?,8+/m.11/s1. The highest BCUT2D eigenvalue weighted by molar-refractivity contribution is 7.81. The molecule has 4 bridgehead atoms. The minimum Gasteiger partial charge on any atom is -0.724 e. The number of nitrogens with two attached hydrogens (primary N) is 2. The summed E-state index contributed by atoms with van der Waals surface area (Å²) in [6.45, 7) is 21.1. The lowest BCUT2D eigenvalue weighted by molar-refractivity contribution is -0.929. The predicted octanol–water partition coefficient (Wildman–Crippen LogP) is 2.35. The van der Waals surface area contributed by atoms with Crippen LogP contribution in [0.3, 0.4) is 0 Å². The minimum absolute atomic E-state index is 0.0189. The number of rotatable bonds is 27. The highest BCUT2D eigenvalue weighted by atomic mass is 32.3. The van der Waals surface area contributed by atoms with E-state index in [-0.39, 0.29) is 68.5 Å². The van der Waals surface area contributed by atoms with Gasteiger partial charge in [-0.2, -0.15) is 22.8 Å². The van der Waals surface area contributed by atoms with Gasteiger partial charge in [0.1, 0.15) is 12.1 Å². The van der Waals surface area contributed by atoms with E-state index in [1.807, 2.05) is 0 Å². The maximum Gasteiger partial charge on any atom is 0.418 e. The smallest absolute Gasteiger partial charge is 0.418 e. The molecule has 4 fully saturated rings. The molecule has 6 heterocycles. The summed E-state index contributed by atoms with van der Waals surface area (Å²) < 4.78 is 84.2. The van der Waals surface area contributed by atoms with Crippen molar-refractivity contribution in [3.63, 3.8) is 0 Å².